The number of hydrogen-bond donors (Lipinski definition) is 0. The van der Waals surface area contributed by atoms with Crippen LogP contribution in [0.25, 0.3) is 5.95 Å². The molecule has 0 aliphatic carbocycles. The van der Waals surface area contributed by atoms with E-state index in [0.29, 0.717) is 17.9 Å². The summed E-state index contributed by atoms with van der Waals surface area (Å²) in [6.45, 7) is 3.16. The number of aromatic nitrogens is 5. The molecule has 1 saturated heterocycles. The smallest absolute Gasteiger partial charge is 0.241 e. The molecular formula is C12H15ClN6. The van der Waals surface area contributed by atoms with Crippen LogP contribution in [0, 0.1) is 0 Å². The Kier molecular flexibility index (Phi) is 3.33. The summed E-state index contributed by atoms with van der Waals surface area (Å²) in [5.74, 6) is 1.17. The summed E-state index contributed by atoms with van der Waals surface area (Å²) in [6, 6.07) is 0.495. The highest BCUT2D eigenvalue weighted by molar-refractivity contribution is 6.28. The lowest BCUT2D eigenvalue weighted by atomic mass is 10.2. The van der Waals surface area contributed by atoms with Crippen LogP contribution < -0.4 is 4.90 Å². The molecule has 1 aliphatic rings. The van der Waals surface area contributed by atoms with Gasteiger partial charge in [0.25, 0.3) is 0 Å². The summed E-state index contributed by atoms with van der Waals surface area (Å²) in [7, 11) is 0. The fraction of sp³-hybridized carbons (Fsp3) is 0.500. The van der Waals surface area contributed by atoms with Crippen LogP contribution >= 0.6 is 11.6 Å². The molecule has 100 valence electrons. The van der Waals surface area contributed by atoms with E-state index in [-0.39, 0.29) is 5.28 Å². The Labute approximate surface area is 116 Å². The van der Waals surface area contributed by atoms with Crippen molar-refractivity contribution in [2.75, 3.05) is 11.4 Å². The number of rotatable bonds is 3. The number of anilines is 1. The lowest BCUT2D eigenvalue weighted by Gasteiger charge is -2.23. The first-order valence-electron chi connectivity index (χ1n) is 6.44. The van der Waals surface area contributed by atoms with Gasteiger partial charge in [-0.3, -0.25) is 4.57 Å². The Bertz CT molecular complexity index is 555. The third-order valence-electron chi connectivity index (χ3n) is 3.43. The quantitative estimate of drug-likeness (QED) is 0.860. The van der Waals surface area contributed by atoms with Gasteiger partial charge in [-0.05, 0) is 30.9 Å². The van der Waals surface area contributed by atoms with Crippen molar-refractivity contribution in [3.8, 4) is 5.95 Å². The molecule has 0 bridgehead atoms. The predicted molar refractivity (Wildman–Crippen MR) is 72.6 cm³/mol. The van der Waals surface area contributed by atoms with Gasteiger partial charge in [0, 0.05) is 25.0 Å². The molecule has 2 aromatic rings. The normalized spacial score (nSPS) is 19.1. The average molecular weight is 279 g/mol. The minimum absolute atomic E-state index is 0.218. The van der Waals surface area contributed by atoms with Crippen molar-refractivity contribution in [2.45, 2.75) is 32.2 Å². The monoisotopic (exact) mass is 278 g/mol. The van der Waals surface area contributed by atoms with Crippen molar-refractivity contribution in [3.63, 3.8) is 0 Å². The topological polar surface area (TPSA) is 59.7 Å². The summed E-state index contributed by atoms with van der Waals surface area (Å²) >= 11 is 6.01. The highest BCUT2D eigenvalue weighted by Gasteiger charge is 2.26. The zero-order valence-corrected chi connectivity index (χ0v) is 11.5. The molecule has 6 nitrogen and oxygen atoms in total. The summed E-state index contributed by atoms with van der Waals surface area (Å²) in [5.41, 5.74) is 0. The fourth-order valence-corrected chi connectivity index (χ4v) is 2.63. The second-order valence-corrected chi connectivity index (χ2v) is 4.91. The Morgan fingerprint density at radius 1 is 1.32 bits per heavy atom. The van der Waals surface area contributed by atoms with E-state index in [4.69, 9.17) is 11.6 Å². The van der Waals surface area contributed by atoms with E-state index in [2.05, 4.69) is 31.8 Å². The third kappa shape index (κ3) is 2.40. The number of hydrogen-bond acceptors (Lipinski definition) is 5. The summed E-state index contributed by atoms with van der Waals surface area (Å²) in [5, 5.41) is 0.218. The second kappa shape index (κ2) is 5.13. The van der Waals surface area contributed by atoms with E-state index in [9.17, 15) is 0 Å². The lowest BCUT2D eigenvalue weighted by Crippen LogP contribution is -2.30. The first-order valence-corrected chi connectivity index (χ1v) is 6.82. The molecule has 0 amide bonds. The predicted octanol–water partition coefficient (Wildman–Crippen LogP) is 2.09. The summed E-state index contributed by atoms with van der Waals surface area (Å²) in [6.07, 6.45) is 8.56. The van der Waals surface area contributed by atoms with Gasteiger partial charge in [-0.2, -0.15) is 15.0 Å². The van der Waals surface area contributed by atoms with Gasteiger partial charge >= 0.3 is 0 Å². The van der Waals surface area contributed by atoms with Crippen LogP contribution in [0.2, 0.25) is 5.28 Å². The average Bonchev–Trinajstić information content (AvgIpc) is 3.09. The van der Waals surface area contributed by atoms with E-state index in [1.54, 1.807) is 23.3 Å². The van der Waals surface area contributed by atoms with Crippen LogP contribution in [0.15, 0.2) is 18.7 Å². The van der Waals surface area contributed by atoms with Gasteiger partial charge in [0.15, 0.2) is 0 Å². The van der Waals surface area contributed by atoms with Gasteiger partial charge < -0.3 is 4.90 Å². The molecule has 7 heteroatoms. The molecule has 3 rings (SSSR count). The molecule has 0 saturated carbocycles. The Balaban J connectivity index is 1.98. The molecule has 19 heavy (non-hydrogen) atoms. The zero-order valence-electron chi connectivity index (χ0n) is 10.7. The molecule has 0 radical (unpaired) electrons. The standard InChI is InChI=1S/C12H15ClN6/c1-2-9-4-3-6-19(9)12-16-10(13)15-11(17-12)18-7-5-14-8-18/h5,7-9H,2-4,6H2,1H3. The molecule has 0 aromatic carbocycles. The zero-order chi connectivity index (χ0) is 13.2. The van der Waals surface area contributed by atoms with Crippen molar-refractivity contribution < 1.29 is 0 Å². The highest BCUT2D eigenvalue weighted by atomic mass is 35.5. The van der Waals surface area contributed by atoms with Gasteiger partial charge in [-0.15, -0.1) is 0 Å². The molecule has 2 aromatic heterocycles. The van der Waals surface area contributed by atoms with E-state index in [1.165, 1.54) is 12.8 Å². The van der Waals surface area contributed by atoms with Gasteiger partial charge in [-0.1, -0.05) is 6.92 Å². The molecule has 1 atom stereocenters. The molecule has 1 aliphatic heterocycles. The van der Waals surface area contributed by atoms with Crippen LogP contribution in [0.4, 0.5) is 5.95 Å². The van der Waals surface area contributed by atoms with Crippen molar-refractivity contribution in [1.29, 1.82) is 0 Å². The molecule has 1 unspecified atom stereocenters. The van der Waals surface area contributed by atoms with Crippen molar-refractivity contribution in [3.05, 3.63) is 24.0 Å². The van der Waals surface area contributed by atoms with Gasteiger partial charge in [0.1, 0.15) is 6.33 Å². The maximum absolute atomic E-state index is 6.01. The molecule has 0 N–H and O–H groups in total. The van der Waals surface area contributed by atoms with Crippen LogP contribution in [0.5, 0.6) is 0 Å². The Morgan fingerprint density at radius 3 is 2.89 bits per heavy atom. The Hall–Kier alpha value is -1.69. The lowest BCUT2D eigenvalue weighted by molar-refractivity contribution is 0.631. The van der Waals surface area contributed by atoms with E-state index in [1.807, 2.05) is 0 Å². The summed E-state index contributed by atoms with van der Waals surface area (Å²) < 4.78 is 1.73. The van der Waals surface area contributed by atoms with Gasteiger partial charge in [-0.25, -0.2) is 4.98 Å². The first-order chi connectivity index (χ1) is 9.28. The fourth-order valence-electron chi connectivity index (χ4n) is 2.47. The van der Waals surface area contributed by atoms with Crippen molar-refractivity contribution >= 4 is 17.5 Å². The number of nitrogens with zero attached hydrogens (tertiary/aromatic N) is 6. The third-order valence-corrected chi connectivity index (χ3v) is 3.59. The van der Waals surface area contributed by atoms with E-state index in [0.717, 1.165) is 13.0 Å². The maximum atomic E-state index is 6.01. The first kappa shape index (κ1) is 12.3. The number of imidazole rings is 1. The van der Waals surface area contributed by atoms with Crippen molar-refractivity contribution in [1.82, 2.24) is 24.5 Å². The van der Waals surface area contributed by atoms with E-state index >= 15 is 0 Å². The van der Waals surface area contributed by atoms with Crippen LogP contribution in [0.1, 0.15) is 26.2 Å². The molecular weight excluding hydrogens is 264 g/mol. The van der Waals surface area contributed by atoms with Gasteiger partial charge in [0.05, 0.1) is 0 Å². The van der Waals surface area contributed by atoms with Gasteiger partial charge in [0.2, 0.25) is 17.2 Å². The van der Waals surface area contributed by atoms with Crippen LogP contribution in [-0.4, -0.2) is 37.1 Å². The maximum Gasteiger partial charge on any atom is 0.241 e. The minimum Gasteiger partial charge on any atom is -0.338 e. The number of halogens is 1. The molecule has 0 spiro atoms. The SMILES string of the molecule is CCC1CCCN1c1nc(Cl)nc(-n2ccnc2)n1. The van der Waals surface area contributed by atoms with Crippen LogP contribution in [-0.2, 0) is 0 Å². The second-order valence-electron chi connectivity index (χ2n) is 4.57. The Morgan fingerprint density at radius 2 is 2.16 bits per heavy atom. The minimum atomic E-state index is 0.218. The summed E-state index contributed by atoms with van der Waals surface area (Å²) in [4.78, 5) is 19.1. The van der Waals surface area contributed by atoms with Crippen molar-refractivity contribution in [2.24, 2.45) is 0 Å². The largest absolute Gasteiger partial charge is 0.338 e. The van der Waals surface area contributed by atoms with Crippen LogP contribution in [0.3, 0.4) is 0 Å². The highest BCUT2D eigenvalue weighted by Crippen LogP contribution is 2.25. The molecule has 3 heterocycles. The molecule has 1 fully saturated rings. The van der Waals surface area contributed by atoms with E-state index < -0.39 is 0 Å².